The van der Waals surface area contributed by atoms with Crippen LogP contribution in [0.2, 0.25) is 0 Å². The van der Waals surface area contributed by atoms with Crippen molar-refractivity contribution < 1.29 is 26.3 Å². The van der Waals surface area contributed by atoms with E-state index in [1.807, 2.05) is 29.2 Å². The van der Waals surface area contributed by atoms with E-state index in [0.29, 0.717) is 6.42 Å². The maximum absolute atomic E-state index is 12.5. The topological polar surface area (TPSA) is 24.2 Å². The number of amides is 1. The number of benzene rings is 1. The number of aromatic nitrogens is 1. The lowest BCUT2D eigenvalue weighted by molar-refractivity contribution is -0.697. The van der Waals surface area contributed by atoms with Crippen LogP contribution in [-0.2, 0) is 17.8 Å². The third kappa shape index (κ3) is 4.20. The van der Waals surface area contributed by atoms with Gasteiger partial charge in [0.1, 0.15) is 6.54 Å². The third-order valence-corrected chi connectivity index (χ3v) is 4.31. The van der Waals surface area contributed by atoms with E-state index in [9.17, 15) is 4.79 Å². The summed E-state index contributed by atoms with van der Waals surface area (Å²) < 4.78 is 2.16. The van der Waals surface area contributed by atoms with Gasteiger partial charge in [0, 0.05) is 36.7 Å². The van der Waals surface area contributed by atoms with E-state index in [1.54, 1.807) is 0 Å². The van der Waals surface area contributed by atoms with Crippen molar-refractivity contribution in [2.75, 3.05) is 4.90 Å². The van der Waals surface area contributed by atoms with Gasteiger partial charge in [0.2, 0.25) is 5.91 Å². The molecular weight excluding hydrogens is 352 g/mol. The number of hydrogen-bond donors (Lipinski definition) is 0. The smallest absolute Gasteiger partial charge is 0.227 e. The van der Waals surface area contributed by atoms with Crippen molar-refractivity contribution in [3.8, 4) is 0 Å². The van der Waals surface area contributed by atoms with Crippen LogP contribution in [0.4, 0.5) is 5.69 Å². The van der Waals surface area contributed by atoms with Gasteiger partial charge >= 0.3 is 0 Å². The van der Waals surface area contributed by atoms with E-state index in [2.05, 4.69) is 42.1 Å². The fourth-order valence-corrected chi connectivity index (χ4v) is 3.22. The summed E-state index contributed by atoms with van der Waals surface area (Å²) in [7, 11) is 0. The van der Waals surface area contributed by atoms with E-state index in [-0.39, 0.29) is 28.9 Å². The molecule has 1 atom stereocenters. The lowest BCUT2D eigenvalue weighted by Gasteiger charge is -2.22. The number of pyridine rings is 1. The summed E-state index contributed by atoms with van der Waals surface area (Å²) in [6.07, 6.45) is 7.71. The fraction of sp³-hybridized carbons (Fsp3) is 0.368. The van der Waals surface area contributed by atoms with Gasteiger partial charge in [0.25, 0.3) is 0 Å². The van der Waals surface area contributed by atoms with E-state index in [4.69, 9.17) is 0 Å². The zero-order valence-electron chi connectivity index (χ0n) is 13.5. The molecule has 1 aliphatic rings. The number of halogens is 1. The van der Waals surface area contributed by atoms with Crippen molar-refractivity contribution in [1.82, 2.24) is 0 Å². The lowest BCUT2D eigenvalue weighted by atomic mass is 10.1. The van der Waals surface area contributed by atoms with Crippen molar-refractivity contribution in [2.24, 2.45) is 0 Å². The van der Waals surface area contributed by atoms with Gasteiger partial charge in [0.05, 0.1) is 0 Å². The van der Waals surface area contributed by atoms with E-state index >= 15 is 0 Å². The highest BCUT2D eigenvalue weighted by molar-refractivity contribution is 5.96. The summed E-state index contributed by atoms with van der Waals surface area (Å²) in [4.78, 5) is 14.5. The second-order valence-corrected chi connectivity index (χ2v) is 6.02. The maximum Gasteiger partial charge on any atom is 0.227 e. The molecule has 23 heavy (non-hydrogen) atoms. The predicted octanol–water partition coefficient (Wildman–Crippen LogP) is 0.126. The number of unbranched alkanes of at least 4 members (excludes halogenated alkanes) is 1. The largest absolute Gasteiger partial charge is 1.00 e. The minimum atomic E-state index is 0. The summed E-state index contributed by atoms with van der Waals surface area (Å²) in [6, 6.07) is 14.6. The van der Waals surface area contributed by atoms with Crippen LogP contribution in [0.25, 0.3) is 0 Å². The quantitative estimate of drug-likeness (QED) is 0.539. The molecule has 0 N–H and O–H groups in total. The molecule has 0 spiro atoms. The molecule has 0 saturated carbocycles. The Morgan fingerprint density at radius 1 is 1.13 bits per heavy atom. The normalized spacial score (nSPS) is 15.9. The van der Waals surface area contributed by atoms with Crippen LogP contribution in [-0.4, -0.2) is 11.9 Å². The number of anilines is 1. The van der Waals surface area contributed by atoms with Gasteiger partial charge in [-0.1, -0.05) is 24.3 Å². The van der Waals surface area contributed by atoms with Gasteiger partial charge in [0.15, 0.2) is 12.4 Å². The Kier molecular flexibility index (Phi) is 6.34. The first-order chi connectivity index (χ1) is 10.8. The number of para-hydroxylation sites is 1. The molecule has 1 amide bonds. The third-order valence-electron chi connectivity index (χ3n) is 4.31. The number of hydrogen-bond acceptors (Lipinski definition) is 1. The van der Waals surface area contributed by atoms with Crippen LogP contribution < -0.4 is 26.4 Å². The highest BCUT2D eigenvalue weighted by Crippen LogP contribution is 2.32. The molecule has 1 aromatic carbocycles. The summed E-state index contributed by atoms with van der Waals surface area (Å²) >= 11 is 0. The second kappa shape index (κ2) is 8.25. The molecule has 1 aliphatic heterocycles. The Bertz CT molecular complexity index is 645. The average Bonchev–Trinajstić information content (AvgIpc) is 2.88. The number of carbonyl (C=O) groups excluding carboxylic acids is 1. The minimum Gasteiger partial charge on any atom is -1.00 e. The van der Waals surface area contributed by atoms with Gasteiger partial charge < -0.3 is 21.9 Å². The van der Waals surface area contributed by atoms with Gasteiger partial charge in [-0.05, 0) is 31.4 Å². The first kappa shape index (κ1) is 17.7. The molecule has 0 fully saturated rings. The molecule has 1 aromatic heterocycles. The van der Waals surface area contributed by atoms with E-state index in [0.717, 1.165) is 31.5 Å². The molecule has 2 heterocycles. The summed E-state index contributed by atoms with van der Waals surface area (Å²) in [5.74, 6) is 0.260. The van der Waals surface area contributed by atoms with Crippen molar-refractivity contribution in [3.05, 3.63) is 60.4 Å². The van der Waals surface area contributed by atoms with Crippen LogP contribution in [0, 0.1) is 0 Å². The summed E-state index contributed by atoms with van der Waals surface area (Å²) in [5.41, 5.74) is 2.40. The number of nitrogens with zero attached hydrogens (tertiary/aromatic N) is 2. The number of fused-ring (bicyclic) bond motifs is 1. The Hall–Kier alpha value is -1.68. The van der Waals surface area contributed by atoms with Crippen molar-refractivity contribution in [3.63, 3.8) is 0 Å². The minimum absolute atomic E-state index is 0. The number of aryl methyl sites for hydroxylation is 1. The number of carbonyl (C=O) groups is 1. The second-order valence-electron chi connectivity index (χ2n) is 6.02. The predicted molar refractivity (Wildman–Crippen MR) is 87.6 cm³/mol. The van der Waals surface area contributed by atoms with Crippen LogP contribution in [0.5, 0.6) is 0 Å². The highest BCUT2D eigenvalue weighted by atomic mass is 79.9. The van der Waals surface area contributed by atoms with Crippen LogP contribution in [0.15, 0.2) is 54.9 Å². The van der Waals surface area contributed by atoms with Gasteiger partial charge in [-0.25, -0.2) is 4.57 Å². The van der Waals surface area contributed by atoms with Crippen molar-refractivity contribution >= 4 is 11.6 Å². The van der Waals surface area contributed by atoms with E-state index in [1.165, 1.54) is 5.56 Å². The fourth-order valence-electron chi connectivity index (χ4n) is 3.22. The molecule has 0 saturated heterocycles. The zero-order chi connectivity index (χ0) is 15.4. The molecular formula is C19H23BrN2O. The monoisotopic (exact) mass is 374 g/mol. The van der Waals surface area contributed by atoms with Gasteiger partial charge in [-0.3, -0.25) is 4.79 Å². The summed E-state index contributed by atoms with van der Waals surface area (Å²) in [6.45, 7) is 3.11. The Labute approximate surface area is 148 Å². The van der Waals surface area contributed by atoms with Gasteiger partial charge in [-0.2, -0.15) is 0 Å². The molecule has 0 bridgehead atoms. The number of rotatable bonds is 5. The first-order valence-electron chi connectivity index (χ1n) is 8.10. The molecule has 122 valence electrons. The molecule has 1 unspecified atom stereocenters. The molecule has 3 rings (SSSR count). The first-order valence-corrected chi connectivity index (χ1v) is 8.10. The van der Waals surface area contributed by atoms with Crippen molar-refractivity contribution in [2.45, 2.75) is 45.2 Å². The lowest BCUT2D eigenvalue weighted by Crippen LogP contribution is -3.00. The van der Waals surface area contributed by atoms with E-state index < -0.39 is 0 Å². The zero-order valence-corrected chi connectivity index (χ0v) is 15.1. The molecule has 0 aliphatic carbocycles. The van der Waals surface area contributed by atoms with Crippen LogP contribution in [0.3, 0.4) is 0 Å². The average molecular weight is 375 g/mol. The molecule has 0 radical (unpaired) electrons. The summed E-state index contributed by atoms with van der Waals surface area (Å²) in [5, 5.41) is 0. The molecule has 4 heteroatoms. The SMILES string of the molecule is CC1Cc2ccccc2N1C(=O)CCCC[n+]1ccccc1.[Br-]. The van der Waals surface area contributed by atoms with Crippen molar-refractivity contribution in [1.29, 1.82) is 0 Å². The van der Waals surface area contributed by atoms with Crippen LogP contribution >= 0.6 is 0 Å². The molecule has 3 nitrogen and oxygen atoms in total. The highest BCUT2D eigenvalue weighted by Gasteiger charge is 2.29. The van der Waals surface area contributed by atoms with Gasteiger partial charge in [-0.15, -0.1) is 0 Å². The molecule has 2 aromatic rings. The Balaban J connectivity index is 0.00000192. The Morgan fingerprint density at radius 2 is 1.87 bits per heavy atom. The Morgan fingerprint density at radius 3 is 2.65 bits per heavy atom. The standard InChI is InChI=1S/C19H23N2O.BrH/c1-16-15-17-9-3-4-10-18(17)21(16)19(22)11-5-8-14-20-12-6-2-7-13-20;/h2-4,6-7,9-10,12-13,16H,5,8,11,14-15H2,1H3;1H/q+1;/p-1. The van der Waals surface area contributed by atoms with Crippen LogP contribution in [0.1, 0.15) is 31.7 Å². The maximum atomic E-state index is 12.5.